The van der Waals surface area contributed by atoms with E-state index in [1.165, 1.54) is 4.90 Å². The Hall–Kier alpha value is -2.66. The van der Waals surface area contributed by atoms with E-state index in [0.717, 1.165) is 5.56 Å². The van der Waals surface area contributed by atoms with Crippen LogP contribution in [0.4, 0.5) is 5.69 Å². The van der Waals surface area contributed by atoms with Gasteiger partial charge in [0.15, 0.2) is 0 Å². The molecule has 0 N–H and O–H groups in total. The Morgan fingerprint density at radius 1 is 1.08 bits per heavy atom. The van der Waals surface area contributed by atoms with Crippen molar-refractivity contribution in [1.82, 2.24) is 4.90 Å². The molecule has 0 aromatic heterocycles. The van der Waals surface area contributed by atoms with E-state index in [1.54, 1.807) is 31.4 Å². The Kier molecular flexibility index (Phi) is 4.62. The van der Waals surface area contributed by atoms with Crippen LogP contribution < -0.4 is 9.64 Å². The van der Waals surface area contributed by atoms with E-state index in [-0.39, 0.29) is 18.2 Å². The second-order valence-corrected chi connectivity index (χ2v) is 5.89. The number of methoxy groups -OCH3 is 1. The van der Waals surface area contributed by atoms with Crippen molar-refractivity contribution in [2.24, 2.45) is 0 Å². The highest BCUT2D eigenvalue weighted by molar-refractivity contribution is 6.22. The summed E-state index contributed by atoms with van der Waals surface area (Å²) in [5.74, 6) is 0.342. The number of ether oxygens (including phenoxy) is 1. The molecule has 0 unspecified atom stereocenters. The summed E-state index contributed by atoms with van der Waals surface area (Å²) in [6, 6.07) is 16.4. The SMILES string of the molecule is COc1ccc(N2C(=O)C[C@@H](N(C)Cc3ccccc3)C2=O)cc1. The number of anilines is 1. The molecule has 3 rings (SSSR count). The summed E-state index contributed by atoms with van der Waals surface area (Å²) in [5, 5.41) is 0. The van der Waals surface area contributed by atoms with Crippen molar-refractivity contribution >= 4 is 17.5 Å². The molecule has 1 fully saturated rings. The molecule has 1 aliphatic heterocycles. The molecule has 1 aliphatic rings. The van der Waals surface area contributed by atoms with Gasteiger partial charge in [0.25, 0.3) is 5.91 Å². The van der Waals surface area contributed by atoms with Crippen LogP contribution in [0.25, 0.3) is 0 Å². The molecular weight excluding hydrogens is 304 g/mol. The Bertz CT molecular complexity index is 728. The minimum absolute atomic E-state index is 0.171. The highest BCUT2D eigenvalue weighted by atomic mass is 16.5. The number of carbonyl (C=O) groups is 2. The highest BCUT2D eigenvalue weighted by Crippen LogP contribution is 2.27. The molecule has 5 heteroatoms. The summed E-state index contributed by atoms with van der Waals surface area (Å²) < 4.78 is 5.11. The van der Waals surface area contributed by atoms with Crippen LogP contribution in [0.3, 0.4) is 0 Å². The monoisotopic (exact) mass is 324 g/mol. The molecule has 0 radical (unpaired) electrons. The Labute approximate surface area is 141 Å². The lowest BCUT2D eigenvalue weighted by atomic mass is 10.1. The second-order valence-electron chi connectivity index (χ2n) is 5.89. The van der Waals surface area contributed by atoms with Crippen LogP contribution >= 0.6 is 0 Å². The fourth-order valence-corrected chi connectivity index (χ4v) is 2.94. The number of benzene rings is 2. The minimum atomic E-state index is -0.431. The van der Waals surface area contributed by atoms with Crippen LogP contribution in [0.15, 0.2) is 54.6 Å². The molecule has 0 spiro atoms. The molecule has 0 bridgehead atoms. The van der Waals surface area contributed by atoms with Gasteiger partial charge in [0, 0.05) is 6.54 Å². The number of hydrogen-bond donors (Lipinski definition) is 0. The summed E-state index contributed by atoms with van der Waals surface area (Å²) in [4.78, 5) is 28.3. The maximum Gasteiger partial charge on any atom is 0.251 e. The number of rotatable bonds is 5. The van der Waals surface area contributed by atoms with Crippen molar-refractivity contribution in [3.05, 3.63) is 60.2 Å². The summed E-state index contributed by atoms with van der Waals surface area (Å²) in [5.41, 5.74) is 1.70. The molecule has 2 aromatic carbocycles. The number of hydrogen-bond acceptors (Lipinski definition) is 4. The zero-order valence-electron chi connectivity index (χ0n) is 13.8. The third kappa shape index (κ3) is 3.16. The van der Waals surface area contributed by atoms with Crippen LogP contribution in [0.2, 0.25) is 0 Å². The average Bonchev–Trinajstić information content (AvgIpc) is 2.90. The zero-order chi connectivity index (χ0) is 17.1. The van der Waals surface area contributed by atoms with Gasteiger partial charge in [-0.2, -0.15) is 0 Å². The van der Waals surface area contributed by atoms with Gasteiger partial charge in [-0.3, -0.25) is 14.5 Å². The Morgan fingerprint density at radius 2 is 1.75 bits per heavy atom. The van der Waals surface area contributed by atoms with E-state index >= 15 is 0 Å². The minimum Gasteiger partial charge on any atom is -0.497 e. The first kappa shape index (κ1) is 16.2. The lowest BCUT2D eigenvalue weighted by Gasteiger charge is -2.23. The van der Waals surface area contributed by atoms with Gasteiger partial charge < -0.3 is 4.74 Å². The van der Waals surface area contributed by atoms with Crippen molar-refractivity contribution in [1.29, 1.82) is 0 Å². The second kappa shape index (κ2) is 6.84. The quantitative estimate of drug-likeness (QED) is 0.793. The van der Waals surface area contributed by atoms with Gasteiger partial charge in [-0.25, -0.2) is 4.90 Å². The zero-order valence-corrected chi connectivity index (χ0v) is 13.8. The van der Waals surface area contributed by atoms with Crippen LogP contribution in [0.1, 0.15) is 12.0 Å². The molecule has 124 valence electrons. The normalized spacial score (nSPS) is 17.6. The van der Waals surface area contributed by atoms with E-state index in [4.69, 9.17) is 4.74 Å². The molecule has 1 saturated heterocycles. The van der Waals surface area contributed by atoms with E-state index in [2.05, 4.69) is 0 Å². The van der Waals surface area contributed by atoms with Crippen LogP contribution in [0.5, 0.6) is 5.75 Å². The molecule has 24 heavy (non-hydrogen) atoms. The molecule has 1 heterocycles. The van der Waals surface area contributed by atoms with Gasteiger partial charge in [0.05, 0.1) is 25.3 Å². The maximum absolute atomic E-state index is 12.7. The topological polar surface area (TPSA) is 49.9 Å². The van der Waals surface area contributed by atoms with Gasteiger partial charge in [0.1, 0.15) is 5.75 Å². The van der Waals surface area contributed by atoms with Gasteiger partial charge in [-0.05, 0) is 36.9 Å². The number of carbonyl (C=O) groups excluding carboxylic acids is 2. The molecule has 1 atom stereocenters. The van der Waals surface area contributed by atoms with E-state index in [9.17, 15) is 9.59 Å². The fourth-order valence-electron chi connectivity index (χ4n) is 2.94. The first-order valence-corrected chi connectivity index (χ1v) is 7.85. The van der Waals surface area contributed by atoms with Crippen molar-refractivity contribution in [3.8, 4) is 5.75 Å². The van der Waals surface area contributed by atoms with Gasteiger partial charge in [-0.15, -0.1) is 0 Å². The van der Waals surface area contributed by atoms with E-state index < -0.39 is 6.04 Å². The molecule has 0 saturated carbocycles. The van der Waals surface area contributed by atoms with Crippen molar-refractivity contribution in [2.45, 2.75) is 19.0 Å². The highest BCUT2D eigenvalue weighted by Gasteiger charge is 2.41. The smallest absolute Gasteiger partial charge is 0.251 e. The number of nitrogens with zero attached hydrogens (tertiary/aromatic N) is 2. The number of imide groups is 1. The van der Waals surface area contributed by atoms with Crippen LogP contribution in [-0.2, 0) is 16.1 Å². The fraction of sp³-hybridized carbons (Fsp3) is 0.263. The first-order chi connectivity index (χ1) is 11.6. The Balaban J connectivity index is 1.75. The van der Waals surface area contributed by atoms with Gasteiger partial charge in [-0.1, -0.05) is 30.3 Å². The standard InChI is InChI=1S/C19H20N2O3/c1-20(13-14-6-4-3-5-7-14)17-12-18(22)21(19(17)23)15-8-10-16(24-2)11-9-15/h3-11,17H,12-13H2,1-2H3/t17-/m1/s1. The van der Waals surface area contributed by atoms with Crippen molar-refractivity contribution in [3.63, 3.8) is 0 Å². The third-order valence-corrected chi connectivity index (χ3v) is 4.26. The lowest BCUT2D eigenvalue weighted by Crippen LogP contribution is -2.39. The predicted octanol–water partition coefficient (Wildman–Crippen LogP) is 2.46. The number of likely N-dealkylation sites (N-methyl/N-ethyl adjacent to an activating group) is 1. The molecule has 0 aliphatic carbocycles. The van der Waals surface area contributed by atoms with Crippen LogP contribution in [0, 0.1) is 0 Å². The van der Waals surface area contributed by atoms with Gasteiger partial charge >= 0.3 is 0 Å². The van der Waals surface area contributed by atoms with Gasteiger partial charge in [0.2, 0.25) is 5.91 Å². The summed E-state index contributed by atoms with van der Waals surface area (Å²) in [6.07, 6.45) is 0.203. The predicted molar refractivity (Wildman–Crippen MR) is 91.8 cm³/mol. The summed E-state index contributed by atoms with van der Waals surface area (Å²) in [7, 11) is 3.45. The third-order valence-electron chi connectivity index (χ3n) is 4.26. The average molecular weight is 324 g/mol. The first-order valence-electron chi connectivity index (χ1n) is 7.85. The van der Waals surface area contributed by atoms with E-state index in [0.29, 0.717) is 18.0 Å². The molecular formula is C19H20N2O3. The molecule has 2 aromatic rings. The molecule has 5 nitrogen and oxygen atoms in total. The van der Waals surface area contributed by atoms with E-state index in [1.807, 2.05) is 42.3 Å². The number of amides is 2. The summed E-state index contributed by atoms with van der Waals surface area (Å²) >= 11 is 0. The van der Waals surface area contributed by atoms with Crippen molar-refractivity contribution in [2.75, 3.05) is 19.1 Å². The molecule has 2 amide bonds. The van der Waals surface area contributed by atoms with Crippen LogP contribution in [-0.4, -0.2) is 36.9 Å². The Morgan fingerprint density at radius 3 is 2.38 bits per heavy atom. The van der Waals surface area contributed by atoms with Crippen molar-refractivity contribution < 1.29 is 14.3 Å². The maximum atomic E-state index is 12.7. The lowest BCUT2D eigenvalue weighted by molar-refractivity contribution is -0.122. The largest absolute Gasteiger partial charge is 0.497 e. The summed E-state index contributed by atoms with van der Waals surface area (Å²) in [6.45, 7) is 0.626.